The monoisotopic (exact) mass is 524 g/mol. The van der Waals surface area contributed by atoms with E-state index in [9.17, 15) is 0 Å². The highest BCUT2D eigenvalue weighted by Crippen LogP contribution is 2.44. The first-order chi connectivity index (χ1) is 17.8. The van der Waals surface area contributed by atoms with Gasteiger partial charge in [-0.3, -0.25) is 5.10 Å². The summed E-state index contributed by atoms with van der Waals surface area (Å²) in [5.74, 6) is 1.20. The third-order valence-corrected chi connectivity index (χ3v) is 7.71. The molecule has 3 heterocycles. The minimum absolute atomic E-state index is 0.104. The Morgan fingerprint density at radius 3 is 2.62 bits per heavy atom. The van der Waals surface area contributed by atoms with Gasteiger partial charge in [-0.1, -0.05) is 25.1 Å². The number of halogens is 2. The average Bonchev–Trinajstić information content (AvgIpc) is 3.56. The summed E-state index contributed by atoms with van der Waals surface area (Å²) in [7, 11) is 0. The maximum Gasteiger partial charge on any atom is 0.229 e. The van der Waals surface area contributed by atoms with Gasteiger partial charge < -0.3 is 20.9 Å². The van der Waals surface area contributed by atoms with Crippen LogP contribution in [0.25, 0.3) is 0 Å². The number of rotatable bonds is 9. The number of aryl methyl sites for hydroxylation is 2. The number of piperidine rings is 1. The van der Waals surface area contributed by atoms with Crippen LogP contribution in [0.2, 0.25) is 5.02 Å². The molecule has 1 aliphatic carbocycles. The van der Waals surface area contributed by atoms with Gasteiger partial charge in [0.05, 0.1) is 17.4 Å². The molecule has 3 aromatic rings. The van der Waals surface area contributed by atoms with Gasteiger partial charge in [-0.25, -0.2) is 9.37 Å². The Morgan fingerprint density at radius 2 is 1.97 bits per heavy atom. The second-order valence-corrected chi connectivity index (χ2v) is 10.5. The Labute approximate surface area is 222 Å². The quantitative estimate of drug-likeness (QED) is 0.275. The minimum Gasteiger partial charge on any atom is -0.374 e. The molecule has 2 aliphatic rings. The van der Waals surface area contributed by atoms with Crippen molar-refractivity contribution in [3.8, 4) is 0 Å². The lowest BCUT2D eigenvalue weighted by Crippen LogP contribution is -2.43. The van der Waals surface area contributed by atoms with Gasteiger partial charge >= 0.3 is 0 Å². The summed E-state index contributed by atoms with van der Waals surface area (Å²) in [6.07, 6.45) is 5.76. The molecule has 2 aromatic heterocycles. The van der Waals surface area contributed by atoms with E-state index in [1.165, 1.54) is 11.9 Å². The van der Waals surface area contributed by atoms with Crippen molar-refractivity contribution >= 4 is 34.9 Å². The number of hydrogen-bond acceptors (Lipinski definition) is 7. The summed E-state index contributed by atoms with van der Waals surface area (Å²) in [5, 5.41) is 17.0. The molecule has 0 bridgehead atoms. The molecule has 196 valence electrons. The number of anilines is 4. The van der Waals surface area contributed by atoms with Crippen LogP contribution in [-0.2, 0) is 0 Å². The van der Waals surface area contributed by atoms with Gasteiger partial charge in [-0.2, -0.15) is 10.1 Å². The van der Waals surface area contributed by atoms with Crippen LogP contribution in [0.1, 0.15) is 55.3 Å². The molecule has 4 N–H and O–H groups in total. The van der Waals surface area contributed by atoms with E-state index in [1.807, 2.05) is 26.0 Å². The first-order valence-electron chi connectivity index (χ1n) is 12.9. The van der Waals surface area contributed by atoms with Crippen LogP contribution in [0, 0.1) is 19.7 Å². The fourth-order valence-corrected chi connectivity index (χ4v) is 5.40. The lowest BCUT2D eigenvalue weighted by molar-refractivity contribution is 0.239. The zero-order valence-electron chi connectivity index (χ0n) is 21.6. The van der Waals surface area contributed by atoms with Crippen molar-refractivity contribution in [1.82, 2.24) is 30.4 Å². The van der Waals surface area contributed by atoms with E-state index in [2.05, 4.69) is 54.5 Å². The fraction of sp³-hybridized carbons (Fsp3) is 0.444. The summed E-state index contributed by atoms with van der Waals surface area (Å²) in [6, 6.07) is 5.33. The Bertz CT molecular complexity index is 1290. The number of aromatic amines is 1. The first kappa shape index (κ1) is 25.5. The highest BCUT2D eigenvalue weighted by molar-refractivity contribution is 6.32. The lowest BCUT2D eigenvalue weighted by atomic mass is 9.86. The van der Waals surface area contributed by atoms with E-state index in [4.69, 9.17) is 11.6 Å². The predicted molar refractivity (Wildman–Crippen MR) is 146 cm³/mol. The number of nitrogens with one attached hydrogen (secondary N) is 4. The standard InChI is InChI=1S/C27H34ClFN8/c1-5-31-27(8-9-27)18(4)37-10-6-19(7-11-37)20-14-22(29)23(12-16(20)2)32-26-30-15-21(28)25(34-26)33-24-13-17(3)35-36-24/h12-15,19,31H,4-11H2,1-3H3,(H3,30,32,33,34,35,36). The molecule has 0 unspecified atom stereocenters. The van der Waals surface area contributed by atoms with Crippen molar-refractivity contribution in [2.24, 2.45) is 0 Å². The summed E-state index contributed by atoms with van der Waals surface area (Å²) >= 11 is 6.25. The van der Waals surface area contributed by atoms with Gasteiger partial charge in [0.2, 0.25) is 5.95 Å². The zero-order chi connectivity index (χ0) is 26.2. The maximum atomic E-state index is 15.2. The molecule has 0 amide bonds. The molecule has 10 heteroatoms. The SMILES string of the molecule is C=C(N1CCC(c2cc(F)c(Nc3ncc(Cl)c(Nc4cc(C)[nH]n4)n3)cc2C)CC1)C1(NCC)CC1. The van der Waals surface area contributed by atoms with Crippen molar-refractivity contribution in [1.29, 1.82) is 0 Å². The van der Waals surface area contributed by atoms with Crippen molar-refractivity contribution in [2.45, 2.75) is 57.9 Å². The number of likely N-dealkylation sites (tertiary alicyclic amines) is 1. The van der Waals surface area contributed by atoms with Gasteiger partial charge in [-0.05, 0) is 75.3 Å². The van der Waals surface area contributed by atoms with Gasteiger partial charge in [-0.15, -0.1) is 0 Å². The third-order valence-electron chi connectivity index (χ3n) is 7.43. The van der Waals surface area contributed by atoms with Gasteiger partial charge in [0.1, 0.15) is 10.8 Å². The second kappa shape index (κ2) is 10.3. The lowest BCUT2D eigenvalue weighted by Gasteiger charge is -2.38. The van der Waals surface area contributed by atoms with Crippen LogP contribution in [0.15, 0.2) is 36.7 Å². The van der Waals surface area contributed by atoms with Crippen LogP contribution in [-0.4, -0.2) is 50.2 Å². The molecule has 0 radical (unpaired) electrons. The average molecular weight is 525 g/mol. The van der Waals surface area contributed by atoms with Crippen molar-refractivity contribution in [3.63, 3.8) is 0 Å². The van der Waals surface area contributed by atoms with E-state index >= 15 is 4.39 Å². The number of benzene rings is 1. The summed E-state index contributed by atoms with van der Waals surface area (Å²) in [4.78, 5) is 11.1. The van der Waals surface area contributed by atoms with Crippen molar-refractivity contribution in [2.75, 3.05) is 30.3 Å². The van der Waals surface area contributed by atoms with E-state index in [0.717, 1.165) is 62.1 Å². The first-order valence-corrected chi connectivity index (χ1v) is 13.2. The number of H-pyrrole nitrogens is 1. The van der Waals surface area contributed by atoms with Crippen LogP contribution >= 0.6 is 11.6 Å². The van der Waals surface area contributed by atoms with Crippen LogP contribution < -0.4 is 16.0 Å². The zero-order valence-corrected chi connectivity index (χ0v) is 22.3. The predicted octanol–water partition coefficient (Wildman–Crippen LogP) is 5.93. The van der Waals surface area contributed by atoms with Crippen LogP contribution in [0.3, 0.4) is 0 Å². The van der Waals surface area contributed by atoms with E-state index in [0.29, 0.717) is 28.3 Å². The second-order valence-electron chi connectivity index (χ2n) is 10.1. The number of nitrogens with zero attached hydrogens (tertiary/aromatic N) is 4. The van der Waals surface area contributed by atoms with Crippen LogP contribution in [0.5, 0.6) is 0 Å². The molecule has 1 saturated heterocycles. The molecule has 1 aromatic carbocycles. The molecule has 5 rings (SSSR count). The minimum atomic E-state index is -0.326. The molecule has 0 atom stereocenters. The summed E-state index contributed by atoms with van der Waals surface area (Å²) in [6.45, 7) is 13.3. The van der Waals surface area contributed by atoms with E-state index in [-0.39, 0.29) is 17.3 Å². The van der Waals surface area contributed by atoms with Gasteiger partial charge in [0, 0.05) is 30.5 Å². The van der Waals surface area contributed by atoms with Crippen LogP contribution in [0.4, 0.5) is 27.7 Å². The summed E-state index contributed by atoms with van der Waals surface area (Å²) < 4.78 is 15.2. The van der Waals surface area contributed by atoms with Gasteiger partial charge in [0.15, 0.2) is 11.6 Å². The molecule has 1 aliphatic heterocycles. The Kier molecular flexibility index (Phi) is 7.09. The maximum absolute atomic E-state index is 15.2. The molecule has 2 fully saturated rings. The van der Waals surface area contributed by atoms with E-state index < -0.39 is 0 Å². The topological polar surface area (TPSA) is 93.8 Å². The molecule has 0 spiro atoms. The fourth-order valence-electron chi connectivity index (χ4n) is 5.27. The Hall–Kier alpha value is -3.17. The van der Waals surface area contributed by atoms with Crippen molar-refractivity contribution in [3.05, 3.63) is 64.3 Å². The largest absolute Gasteiger partial charge is 0.374 e. The number of hydrogen-bond donors (Lipinski definition) is 4. The molecular formula is C27H34ClFN8. The van der Waals surface area contributed by atoms with Crippen molar-refractivity contribution < 1.29 is 4.39 Å². The Morgan fingerprint density at radius 1 is 1.22 bits per heavy atom. The third kappa shape index (κ3) is 5.43. The highest BCUT2D eigenvalue weighted by Gasteiger charge is 2.46. The van der Waals surface area contributed by atoms with Gasteiger partial charge in [0.25, 0.3) is 0 Å². The molecule has 1 saturated carbocycles. The molecule has 37 heavy (non-hydrogen) atoms. The number of likely N-dealkylation sites (N-methyl/N-ethyl adjacent to an activating group) is 1. The number of aromatic nitrogens is 4. The van der Waals surface area contributed by atoms with E-state index in [1.54, 1.807) is 6.07 Å². The Balaban J connectivity index is 1.26. The highest BCUT2D eigenvalue weighted by atomic mass is 35.5. The molecule has 8 nitrogen and oxygen atoms in total. The summed E-state index contributed by atoms with van der Waals surface area (Å²) in [5.41, 5.74) is 4.67. The normalized spacial score (nSPS) is 17.1. The molecular weight excluding hydrogens is 491 g/mol. The smallest absolute Gasteiger partial charge is 0.229 e.